The van der Waals surface area contributed by atoms with E-state index in [-0.39, 0.29) is 23.3 Å². The Bertz CT molecular complexity index is 1240. The van der Waals surface area contributed by atoms with Crippen LogP contribution in [-0.4, -0.2) is 81.6 Å². The van der Waals surface area contributed by atoms with Crippen LogP contribution >= 0.6 is 0 Å². The third-order valence-electron chi connectivity index (χ3n) is 8.27. The minimum absolute atomic E-state index is 0.0545. The second-order valence-corrected chi connectivity index (χ2v) is 10.5. The van der Waals surface area contributed by atoms with Crippen LogP contribution < -0.4 is 10.6 Å². The maximum absolute atomic E-state index is 13.8. The summed E-state index contributed by atoms with van der Waals surface area (Å²) in [5, 5.41) is 44.9. The highest BCUT2D eigenvalue weighted by Gasteiger charge is 2.63. The SMILES string of the molecule is CN(C)C1C(O)=C(C(N)=O)C(=O)[C@@]2(O)C(O)=C3C(=O)c4c(ccc(N5CCCCC5)c4O)C[C@@H]3C[C@H]12. The van der Waals surface area contributed by atoms with Gasteiger partial charge < -0.3 is 31.1 Å². The molecule has 1 amide bonds. The predicted octanol–water partition coefficient (Wildman–Crippen LogP) is 1.11. The van der Waals surface area contributed by atoms with Crippen molar-refractivity contribution >= 4 is 23.2 Å². The van der Waals surface area contributed by atoms with Crippen LogP contribution in [0.2, 0.25) is 0 Å². The molecule has 36 heavy (non-hydrogen) atoms. The normalized spacial score (nSPS) is 30.3. The number of benzene rings is 1. The van der Waals surface area contributed by atoms with E-state index in [4.69, 9.17) is 5.73 Å². The summed E-state index contributed by atoms with van der Waals surface area (Å²) in [6, 6.07) is 2.62. The van der Waals surface area contributed by atoms with E-state index >= 15 is 0 Å². The molecule has 10 nitrogen and oxygen atoms in total. The van der Waals surface area contributed by atoms with Gasteiger partial charge >= 0.3 is 0 Å². The molecule has 1 unspecified atom stereocenters. The number of nitrogens with zero attached hydrogens (tertiary/aromatic N) is 2. The van der Waals surface area contributed by atoms with Crippen LogP contribution in [0, 0.1) is 11.8 Å². The van der Waals surface area contributed by atoms with Crippen molar-refractivity contribution in [2.75, 3.05) is 32.1 Å². The Hall–Kier alpha value is -3.37. The van der Waals surface area contributed by atoms with Gasteiger partial charge in [-0.3, -0.25) is 19.3 Å². The number of phenols is 1. The predicted molar refractivity (Wildman–Crippen MR) is 130 cm³/mol. The van der Waals surface area contributed by atoms with Crippen LogP contribution in [0.1, 0.15) is 41.6 Å². The lowest BCUT2D eigenvalue weighted by Crippen LogP contribution is -2.63. The van der Waals surface area contributed by atoms with Gasteiger partial charge in [-0.15, -0.1) is 0 Å². The van der Waals surface area contributed by atoms with E-state index in [2.05, 4.69) is 0 Å². The van der Waals surface area contributed by atoms with Gasteiger partial charge in [-0.1, -0.05) is 6.07 Å². The first kappa shape index (κ1) is 24.3. The number of aliphatic hydroxyl groups excluding tert-OH is 2. The first-order valence-electron chi connectivity index (χ1n) is 12.2. The summed E-state index contributed by atoms with van der Waals surface area (Å²) < 4.78 is 0. The largest absolute Gasteiger partial charge is 0.510 e. The number of piperidine rings is 1. The van der Waals surface area contributed by atoms with E-state index < -0.39 is 58.0 Å². The molecular formula is C26H31N3O7. The number of fused-ring (bicyclic) bond motifs is 3. The zero-order valence-electron chi connectivity index (χ0n) is 20.3. The molecular weight excluding hydrogens is 466 g/mol. The fraction of sp³-hybridized carbons (Fsp3) is 0.500. The minimum Gasteiger partial charge on any atom is -0.510 e. The highest BCUT2D eigenvalue weighted by Crippen LogP contribution is 2.52. The molecule has 4 atom stereocenters. The number of anilines is 1. The number of phenolic OH excluding ortho intramolecular Hbond substituents is 1. The van der Waals surface area contributed by atoms with Crippen LogP contribution in [0.25, 0.3) is 0 Å². The molecule has 0 radical (unpaired) electrons. The number of Topliss-reactive ketones (excluding diaryl/α,β-unsaturated/α-hetero) is 2. The van der Waals surface area contributed by atoms with Crippen LogP contribution in [0.15, 0.2) is 34.8 Å². The van der Waals surface area contributed by atoms with E-state index in [1.165, 1.54) is 4.90 Å². The number of aliphatic hydroxyl groups is 3. The quantitative estimate of drug-likeness (QED) is 0.385. The number of ketones is 2. The molecule has 0 aromatic heterocycles. The van der Waals surface area contributed by atoms with Crippen LogP contribution in [0.3, 0.4) is 0 Å². The molecule has 1 aromatic carbocycles. The van der Waals surface area contributed by atoms with E-state index in [1.807, 2.05) is 11.0 Å². The zero-order valence-corrected chi connectivity index (χ0v) is 20.3. The molecule has 1 aliphatic heterocycles. The number of hydrogen-bond donors (Lipinski definition) is 5. The summed E-state index contributed by atoms with van der Waals surface area (Å²) in [4.78, 5) is 42.7. The number of aromatic hydroxyl groups is 1. The number of primary amides is 1. The lowest BCUT2D eigenvalue weighted by atomic mass is 9.58. The second kappa shape index (κ2) is 8.35. The standard InChI is InChI=1S/C26H31N3O7/c1-28(2)19-14-11-13-10-12-6-7-15(29-8-4-3-5-9-29)20(30)16(12)21(31)17(13)23(33)26(14,36)24(34)18(22(19)32)25(27)35/h6-7,13-14,19,30,32-33,36H,3-5,8-11H2,1-2H3,(H2,27,35)/t13-,14-,19?,26+/m1/s1. The summed E-state index contributed by atoms with van der Waals surface area (Å²) in [7, 11) is 3.21. The maximum Gasteiger partial charge on any atom is 0.255 e. The van der Waals surface area contributed by atoms with E-state index in [0.717, 1.165) is 32.4 Å². The first-order chi connectivity index (χ1) is 17.0. The number of allylic oxidation sites excluding steroid dienone is 1. The highest BCUT2D eigenvalue weighted by atomic mass is 16.3. The van der Waals surface area contributed by atoms with Crippen LogP contribution in [-0.2, 0) is 16.0 Å². The fourth-order valence-corrected chi connectivity index (χ4v) is 6.60. The number of carbonyl (C=O) groups is 3. The Labute approximate surface area is 208 Å². The number of nitrogens with two attached hydrogens (primary N) is 1. The molecule has 0 spiro atoms. The van der Waals surface area contributed by atoms with Crippen molar-refractivity contribution in [2.24, 2.45) is 17.6 Å². The number of hydrogen-bond acceptors (Lipinski definition) is 9. The van der Waals surface area contributed by atoms with Gasteiger partial charge in [0, 0.05) is 24.6 Å². The van der Waals surface area contributed by atoms with Gasteiger partial charge in [0.2, 0.25) is 5.78 Å². The average Bonchev–Trinajstić information content (AvgIpc) is 2.81. The zero-order chi connectivity index (χ0) is 26.1. The van der Waals surface area contributed by atoms with Crippen molar-refractivity contribution in [1.29, 1.82) is 0 Å². The molecule has 5 rings (SSSR count). The fourth-order valence-electron chi connectivity index (χ4n) is 6.60. The van der Waals surface area contributed by atoms with E-state index in [9.17, 15) is 34.8 Å². The van der Waals surface area contributed by atoms with Gasteiger partial charge in [0.1, 0.15) is 22.8 Å². The van der Waals surface area contributed by atoms with Gasteiger partial charge in [0.25, 0.3) is 5.91 Å². The molecule has 0 bridgehead atoms. The summed E-state index contributed by atoms with van der Waals surface area (Å²) in [6.07, 6.45) is 3.43. The lowest BCUT2D eigenvalue weighted by molar-refractivity contribution is -0.148. The molecule has 1 saturated heterocycles. The molecule has 3 aliphatic carbocycles. The van der Waals surface area contributed by atoms with Gasteiger partial charge in [0.15, 0.2) is 11.4 Å². The van der Waals surface area contributed by atoms with Crippen LogP contribution in [0.4, 0.5) is 5.69 Å². The average molecular weight is 498 g/mol. The van der Waals surface area contributed by atoms with Crippen molar-refractivity contribution < 1.29 is 34.8 Å². The van der Waals surface area contributed by atoms with Crippen molar-refractivity contribution in [1.82, 2.24) is 4.90 Å². The Kier molecular flexibility index (Phi) is 5.64. The Balaban J connectivity index is 1.66. The second-order valence-electron chi connectivity index (χ2n) is 10.5. The number of amides is 1. The topological polar surface area (TPSA) is 165 Å². The van der Waals surface area contributed by atoms with E-state index in [1.54, 1.807) is 20.2 Å². The highest BCUT2D eigenvalue weighted by molar-refractivity contribution is 6.24. The number of rotatable bonds is 3. The molecule has 4 aliphatic rings. The van der Waals surface area contributed by atoms with Crippen molar-refractivity contribution in [2.45, 2.75) is 43.7 Å². The minimum atomic E-state index is -2.62. The Morgan fingerprint density at radius 3 is 2.39 bits per heavy atom. The Morgan fingerprint density at radius 1 is 1.11 bits per heavy atom. The number of likely N-dealkylation sites (N-methyl/N-ethyl adjacent to an activating group) is 1. The molecule has 6 N–H and O–H groups in total. The summed E-state index contributed by atoms with van der Waals surface area (Å²) >= 11 is 0. The van der Waals surface area contributed by atoms with Crippen molar-refractivity contribution in [3.63, 3.8) is 0 Å². The molecule has 0 saturated carbocycles. The van der Waals surface area contributed by atoms with Gasteiger partial charge in [-0.2, -0.15) is 0 Å². The van der Waals surface area contributed by atoms with E-state index in [0.29, 0.717) is 17.7 Å². The first-order valence-corrected chi connectivity index (χ1v) is 12.2. The Morgan fingerprint density at radius 2 is 1.78 bits per heavy atom. The summed E-state index contributed by atoms with van der Waals surface area (Å²) in [5.74, 6) is -6.30. The summed E-state index contributed by atoms with van der Waals surface area (Å²) in [6.45, 7) is 1.51. The molecule has 192 valence electrons. The number of carbonyl (C=O) groups excluding carboxylic acids is 3. The van der Waals surface area contributed by atoms with Crippen molar-refractivity contribution in [3.05, 3.63) is 45.9 Å². The molecule has 1 fully saturated rings. The van der Waals surface area contributed by atoms with Gasteiger partial charge in [-0.25, -0.2) is 0 Å². The van der Waals surface area contributed by atoms with Crippen LogP contribution in [0.5, 0.6) is 5.75 Å². The van der Waals surface area contributed by atoms with Crippen molar-refractivity contribution in [3.8, 4) is 5.75 Å². The van der Waals surface area contributed by atoms with Gasteiger partial charge in [0.05, 0.1) is 17.3 Å². The van der Waals surface area contributed by atoms with Gasteiger partial charge in [-0.05, 0) is 63.7 Å². The third-order valence-corrected chi connectivity index (χ3v) is 8.27. The third kappa shape index (κ3) is 3.20. The summed E-state index contributed by atoms with van der Waals surface area (Å²) in [5.41, 5.74) is 3.00. The molecule has 1 heterocycles. The monoisotopic (exact) mass is 497 g/mol. The lowest BCUT2D eigenvalue weighted by Gasteiger charge is -2.50. The molecule has 10 heteroatoms. The smallest absolute Gasteiger partial charge is 0.255 e. The molecule has 1 aromatic rings. The maximum atomic E-state index is 13.8.